The zero-order valence-electron chi connectivity index (χ0n) is 12.4. The van der Waals surface area contributed by atoms with Gasteiger partial charge >= 0.3 is 0 Å². The lowest BCUT2D eigenvalue weighted by atomic mass is 10.1. The molecular formula is C17H17N3O2. The van der Waals surface area contributed by atoms with Crippen molar-refractivity contribution in [3.63, 3.8) is 0 Å². The van der Waals surface area contributed by atoms with Crippen molar-refractivity contribution in [3.05, 3.63) is 59.9 Å². The van der Waals surface area contributed by atoms with Gasteiger partial charge in [-0.1, -0.05) is 12.1 Å². The smallest absolute Gasteiger partial charge is 0.254 e. The van der Waals surface area contributed by atoms with Crippen molar-refractivity contribution in [2.24, 2.45) is 0 Å². The van der Waals surface area contributed by atoms with Crippen molar-refractivity contribution in [1.29, 1.82) is 5.26 Å². The highest BCUT2D eigenvalue weighted by atomic mass is 16.5. The third-order valence-corrected chi connectivity index (χ3v) is 3.19. The van der Waals surface area contributed by atoms with Crippen LogP contribution in [0.5, 0.6) is 5.75 Å². The number of carbonyl (C=O) groups excluding carboxylic acids is 1. The summed E-state index contributed by atoms with van der Waals surface area (Å²) in [5.74, 6) is 0.505. The molecule has 2 rings (SSSR count). The molecule has 0 fully saturated rings. The van der Waals surface area contributed by atoms with Crippen LogP contribution >= 0.6 is 0 Å². The van der Waals surface area contributed by atoms with Crippen LogP contribution in [0, 0.1) is 11.3 Å². The molecule has 5 heteroatoms. The second-order valence-corrected chi connectivity index (χ2v) is 4.73. The number of pyridine rings is 1. The Morgan fingerprint density at radius 2 is 2.23 bits per heavy atom. The van der Waals surface area contributed by atoms with Crippen LogP contribution in [0.3, 0.4) is 0 Å². The molecule has 5 nitrogen and oxygen atoms in total. The molecule has 1 aromatic heterocycles. The Hall–Kier alpha value is -2.87. The van der Waals surface area contributed by atoms with Crippen molar-refractivity contribution in [1.82, 2.24) is 9.88 Å². The lowest BCUT2D eigenvalue weighted by Crippen LogP contribution is -2.31. The van der Waals surface area contributed by atoms with Crippen LogP contribution in [0.25, 0.3) is 0 Å². The van der Waals surface area contributed by atoms with Crippen LogP contribution in [0.15, 0.2) is 48.8 Å². The summed E-state index contributed by atoms with van der Waals surface area (Å²) in [5.41, 5.74) is 1.47. The Balaban J connectivity index is 2.20. The number of nitriles is 1. The van der Waals surface area contributed by atoms with E-state index in [0.717, 1.165) is 5.56 Å². The summed E-state index contributed by atoms with van der Waals surface area (Å²) in [7, 11) is 1.56. The van der Waals surface area contributed by atoms with Crippen LogP contribution in [-0.4, -0.2) is 29.4 Å². The van der Waals surface area contributed by atoms with E-state index in [-0.39, 0.29) is 12.3 Å². The highest BCUT2D eigenvalue weighted by molar-refractivity contribution is 5.94. The van der Waals surface area contributed by atoms with Gasteiger partial charge in [-0.15, -0.1) is 0 Å². The van der Waals surface area contributed by atoms with Gasteiger partial charge < -0.3 is 9.64 Å². The van der Waals surface area contributed by atoms with Crippen molar-refractivity contribution < 1.29 is 9.53 Å². The molecular weight excluding hydrogens is 278 g/mol. The van der Waals surface area contributed by atoms with Crippen LogP contribution in [0.1, 0.15) is 22.3 Å². The van der Waals surface area contributed by atoms with E-state index < -0.39 is 0 Å². The minimum atomic E-state index is -0.127. The molecule has 0 bridgehead atoms. The molecule has 0 saturated heterocycles. The Kier molecular flexibility index (Phi) is 5.50. The summed E-state index contributed by atoms with van der Waals surface area (Å²) in [6.07, 6.45) is 3.70. The normalized spacial score (nSPS) is 9.82. The van der Waals surface area contributed by atoms with E-state index in [0.29, 0.717) is 24.4 Å². The zero-order valence-corrected chi connectivity index (χ0v) is 12.4. The molecule has 0 N–H and O–H groups in total. The van der Waals surface area contributed by atoms with Gasteiger partial charge in [-0.2, -0.15) is 5.26 Å². The maximum absolute atomic E-state index is 12.7. The second kappa shape index (κ2) is 7.79. The molecule has 0 aliphatic carbocycles. The zero-order chi connectivity index (χ0) is 15.8. The average Bonchev–Trinajstić information content (AvgIpc) is 2.59. The van der Waals surface area contributed by atoms with Gasteiger partial charge in [0.05, 0.1) is 19.6 Å². The predicted molar refractivity (Wildman–Crippen MR) is 82.2 cm³/mol. The summed E-state index contributed by atoms with van der Waals surface area (Å²) < 4.78 is 5.15. The first-order valence-electron chi connectivity index (χ1n) is 6.94. The fourth-order valence-electron chi connectivity index (χ4n) is 2.09. The maximum atomic E-state index is 12.7. The van der Waals surface area contributed by atoms with E-state index in [1.807, 2.05) is 12.1 Å². The Morgan fingerprint density at radius 3 is 2.91 bits per heavy atom. The molecule has 1 aromatic carbocycles. The predicted octanol–water partition coefficient (Wildman–Crippen LogP) is 2.65. The standard InChI is InChI=1S/C17H17N3O2/c1-22-16-7-2-6-15(11-16)17(21)20(10-4-8-18)13-14-5-3-9-19-12-14/h2-3,5-7,9,11-12H,4,10,13H2,1H3. The number of carbonyl (C=O) groups is 1. The van der Waals surface area contributed by atoms with Gasteiger partial charge in [-0.3, -0.25) is 9.78 Å². The quantitative estimate of drug-likeness (QED) is 0.821. The molecule has 22 heavy (non-hydrogen) atoms. The molecule has 1 amide bonds. The minimum absolute atomic E-state index is 0.127. The number of hydrogen-bond acceptors (Lipinski definition) is 4. The molecule has 0 unspecified atom stereocenters. The summed E-state index contributed by atoms with van der Waals surface area (Å²) in [5, 5.41) is 8.80. The first-order valence-corrected chi connectivity index (χ1v) is 6.94. The minimum Gasteiger partial charge on any atom is -0.497 e. The SMILES string of the molecule is COc1cccc(C(=O)N(CCC#N)Cc2cccnc2)c1. The number of amides is 1. The van der Waals surface area contributed by atoms with Crippen LogP contribution < -0.4 is 4.74 Å². The number of benzene rings is 1. The van der Waals surface area contributed by atoms with Crippen LogP contribution in [-0.2, 0) is 6.54 Å². The fourth-order valence-corrected chi connectivity index (χ4v) is 2.09. The lowest BCUT2D eigenvalue weighted by molar-refractivity contribution is 0.0746. The van der Waals surface area contributed by atoms with Gasteiger partial charge in [-0.25, -0.2) is 0 Å². The fraction of sp³-hybridized carbons (Fsp3) is 0.235. The van der Waals surface area contributed by atoms with E-state index in [1.54, 1.807) is 48.7 Å². The monoisotopic (exact) mass is 295 g/mol. The molecule has 0 saturated carbocycles. The molecule has 0 radical (unpaired) electrons. The van der Waals surface area contributed by atoms with Crippen LogP contribution in [0.4, 0.5) is 0 Å². The first kappa shape index (κ1) is 15.5. The Morgan fingerprint density at radius 1 is 1.36 bits per heavy atom. The van der Waals surface area contributed by atoms with E-state index in [9.17, 15) is 4.79 Å². The molecule has 0 spiro atoms. The van der Waals surface area contributed by atoms with Gasteiger partial charge in [0.15, 0.2) is 0 Å². The van der Waals surface area contributed by atoms with E-state index >= 15 is 0 Å². The summed E-state index contributed by atoms with van der Waals surface area (Å²) in [4.78, 5) is 18.4. The number of aromatic nitrogens is 1. The van der Waals surface area contributed by atoms with Crippen molar-refractivity contribution >= 4 is 5.91 Å². The lowest BCUT2D eigenvalue weighted by Gasteiger charge is -2.22. The van der Waals surface area contributed by atoms with Gasteiger partial charge in [0.2, 0.25) is 0 Å². The number of nitrogens with zero attached hydrogens (tertiary/aromatic N) is 3. The Bertz CT molecular complexity index is 665. The number of ether oxygens (including phenoxy) is 1. The Labute approximate surface area is 129 Å². The third kappa shape index (κ3) is 4.06. The average molecular weight is 295 g/mol. The van der Waals surface area contributed by atoms with Crippen molar-refractivity contribution in [2.75, 3.05) is 13.7 Å². The second-order valence-electron chi connectivity index (χ2n) is 4.73. The van der Waals surface area contributed by atoms with Gasteiger partial charge in [-0.05, 0) is 29.8 Å². The molecule has 0 atom stereocenters. The van der Waals surface area contributed by atoms with Gasteiger partial charge in [0, 0.05) is 31.0 Å². The number of methoxy groups -OCH3 is 1. The first-order chi connectivity index (χ1) is 10.7. The van der Waals surface area contributed by atoms with E-state index in [4.69, 9.17) is 10.00 Å². The van der Waals surface area contributed by atoms with Gasteiger partial charge in [0.1, 0.15) is 5.75 Å². The van der Waals surface area contributed by atoms with Crippen LogP contribution in [0.2, 0.25) is 0 Å². The maximum Gasteiger partial charge on any atom is 0.254 e. The molecule has 2 aromatic rings. The molecule has 1 heterocycles. The van der Waals surface area contributed by atoms with Crippen molar-refractivity contribution in [3.8, 4) is 11.8 Å². The van der Waals surface area contributed by atoms with E-state index in [1.165, 1.54) is 0 Å². The summed E-state index contributed by atoms with van der Waals surface area (Å²) in [6, 6.07) is 12.8. The summed E-state index contributed by atoms with van der Waals surface area (Å²) >= 11 is 0. The molecule has 112 valence electrons. The molecule has 0 aliphatic heterocycles. The number of rotatable bonds is 6. The highest BCUT2D eigenvalue weighted by Gasteiger charge is 2.16. The highest BCUT2D eigenvalue weighted by Crippen LogP contribution is 2.16. The third-order valence-electron chi connectivity index (χ3n) is 3.19. The number of hydrogen-bond donors (Lipinski definition) is 0. The molecule has 0 aliphatic rings. The topological polar surface area (TPSA) is 66.2 Å². The van der Waals surface area contributed by atoms with Gasteiger partial charge in [0.25, 0.3) is 5.91 Å². The summed E-state index contributed by atoms with van der Waals surface area (Å²) in [6.45, 7) is 0.799. The van der Waals surface area contributed by atoms with E-state index in [2.05, 4.69) is 11.1 Å². The van der Waals surface area contributed by atoms with Crippen molar-refractivity contribution in [2.45, 2.75) is 13.0 Å². The largest absolute Gasteiger partial charge is 0.497 e.